The van der Waals surface area contributed by atoms with E-state index in [4.69, 9.17) is 4.74 Å². The Kier molecular flexibility index (Phi) is 5.70. The minimum absolute atomic E-state index is 0. The summed E-state index contributed by atoms with van der Waals surface area (Å²) in [6.45, 7) is 4.06. The summed E-state index contributed by atoms with van der Waals surface area (Å²) in [4.78, 5) is 11.6. The van der Waals surface area contributed by atoms with Gasteiger partial charge in [-0.05, 0) is 51.1 Å². The summed E-state index contributed by atoms with van der Waals surface area (Å²) < 4.78 is 5.00. The van der Waals surface area contributed by atoms with Crippen LogP contribution in [0.25, 0.3) is 0 Å². The van der Waals surface area contributed by atoms with Crippen molar-refractivity contribution in [3.05, 3.63) is 0 Å². The van der Waals surface area contributed by atoms with Crippen molar-refractivity contribution < 1.29 is 9.53 Å². The molecule has 1 aliphatic heterocycles. The van der Waals surface area contributed by atoms with Crippen molar-refractivity contribution in [1.29, 1.82) is 0 Å². The van der Waals surface area contributed by atoms with Crippen molar-refractivity contribution in [1.82, 2.24) is 10.6 Å². The van der Waals surface area contributed by atoms with E-state index in [0.717, 1.165) is 31.3 Å². The maximum atomic E-state index is 11.6. The number of piperidine rings is 1. The van der Waals surface area contributed by atoms with Crippen LogP contribution in [0.5, 0.6) is 0 Å². The molecule has 0 aromatic carbocycles. The predicted molar refractivity (Wildman–Crippen MR) is 69.4 cm³/mol. The minimum Gasteiger partial charge on any atom is -0.372 e. The van der Waals surface area contributed by atoms with Gasteiger partial charge in [-0.15, -0.1) is 12.4 Å². The molecule has 1 saturated carbocycles. The summed E-state index contributed by atoms with van der Waals surface area (Å²) in [7, 11) is 1.57. The quantitative estimate of drug-likeness (QED) is 0.793. The normalized spacial score (nSPS) is 30.2. The first-order chi connectivity index (χ1) is 7.72. The number of carbonyl (C=O) groups is 1. The highest BCUT2D eigenvalue weighted by molar-refractivity contribution is 5.85. The zero-order valence-corrected chi connectivity index (χ0v) is 11.4. The zero-order valence-electron chi connectivity index (χ0n) is 10.6. The van der Waals surface area contributed by atoms with Gasteiger partial charge < -0.3 is 15.4 Å². The standard InChI is InChI=1S/C12H22N2O2.ClH/c1-8(16-2)12(15)14-11-7-10(11)9-3-5-13-6-4-9;/h8-11,13H,3-7H2,1-2H3,(H,14,15);1H/t8?,10-,11+;/m0./s1. The van der Waals surface area contributed by atoms with E-state index in [2.05, 4.69) is 10.6 Å². The van der Waals surface area contributed by atoms with Gasteiger partial charge in [0, 0.05) is 13.2 Å². The lowest BCUT2D eigenvalue weighted by molar-refractivity contribution is -0.130. The number of ether oxygens (including phenoxy) is 1. The Balaban J connectivity index is 0.00000144. The molecular weight excluding hydrogens is 240 g/mol. The van der Waals surface area contributed by atoms with Crippen LogP contribution in [0.1, 0.15) is 26.2 Å². The first-order valence-corrected chi connectivity index (χ1v) is 6.26. The number of amides is 1. The van der Waals surface area contributed by atoms with E-state index in [1.165, 1.54) is 12.8 Å². The summed E-state index contributed by atoms with van der Waals surface area (Å²) in [5.74, 6) is 1.56. The van der Waals surface area contributed by atoms with Gasteiger partial charge in [0.1, 0.15) is 6.10 Å². The zero-order chi connectivity index (χ0) is 11.5. The van der Waals surface area contributed by atoms with Crippen molar-refractivity contribution >= 4 is 18.3 Å². The van der Waals surface area contributed by atoms with E-state index in [1.54, 1.807) is 14.0 Å². The Bertz CT molecular complexity index is 257. The lowest BCUT2D eigenvalue weighted by atomic mass is 9.93. The van der Waals surface area contributed by atoms with Crippen LogP contribution in [-0.4, -0.2) is 38.3 Å². The third kappa shape index (κ3) is 3.83. The van der Waals surface area contributed by atoms with Gasteiger partial charge >= 0.3 is 0 Å². The molecule has 1 heterocycles. The molecule has 0 aromatic heterocycles. The largest absolute Gasteiger partial charge is 0.372 e. The van der Waals surface area contributed by atoms with E-state index in [0.29, 0.717) is 6.04 Å². The van der Waals surface area contributed by atoms with Crippen LogP contribution in [0.3, 0.4) is 0 Å². The third-order valence-corrected chi connectivity index (χ3v) is 3.88. The molecule has 0 spiro atoms. The number of hydrogen-bond acceptors (Lipinski definition) is 3. The molecule has 17 heavy (non-hydrogen) atoms. The van der Waals surface area contributed by atoms with Crippen LogP contribution in [0.4, 0.5) is 0 Å². The van der Waals surface area contributed by atoms with Gasteiger partial charge in [-0.2, -0.15) is 0 Å². The predicted octanol–water partition coefficient (Wildman–Crippen LogP) is 0.947. The molecule has 3 atom stereocenters. The molecular formula is C12H23ClN2O2. The number of carbonyl (C=O) groups excluding carboxylic acids is 1. The first-order valence-electron chi connectivity index (χ1n) is 6.26. The van der Waals surface area contributed by atoms with E-state index in [9.17, 15) is 4.79 Å². The van der Waals surface area contributed by atoms with Crippen molar-refractivity contribution in [2.75, 3.05) is 20.2 Å². The van der Waals surface area contributed by atoms with E-state index >= 15 is 0 Å². The Morgan fingerprint density at radius 1 is 1.41 bits per heavy atom. The molecule has 2 aliphatic rings. The molecule has 1 saturated heterocycles. The average Bonchev–Trinajstić information content (AvgIpc) is 3.08. The van der Waals surface area contributed by atoms with Crippen molar-refractivity contribution in [2.45, 2.75) is 38.3 Å². The van der Waals surface area contributed by atoms with Gasteiger partial charge in [-0.1, -0.05) is 0 Å². The Morgan fingerprint density at radius 3 is 2.65 bits per heavy atom. The number of halogens is 1. The van der Waals surface area contributed by atoms with Gasteiger partial charge in [0.15, 0.2) is 0 Å². The Morgan fingerprint density at radius 2 is 2.06 bits per heavy atom. The second-order valence-electron chi connectivity index (χ2n) is 4.98. The van der Waals surface area contributed by atoms with Gasteiger partial charge in [-0.3, -0.25) is 4.79 Å². The molecule has 5 heteroatoms. The smallest absolute Gasteiger partial charge is 0.249 e. The highest BCUT2D eigenvalue weighted by Crippen LogP contribution is 2.41. The van der Waals surface area contributed by atoms with Crippen LogP contribution >= 0.6 is 12.4 Å². The number of rotatable bonds is 4. The molecule has 4 nitrogen and oxygen atoms in total. The second-order valence-corrected chi connectivity index (χ2v) is 4.98. The van der Waals surface area contributed by atoms with Crippen molar-refractivity contribution in [3.63, 3.8) is 0 Å². The fraction of sp³-hybridized carbons (Fsp3) is 0.917. The number of methoxy groups -OCH3 is 1. The van der Waals surface area contributed by atoms with Gasteiger partial charge in [0.25, 0.3) is 0 Å². The molecule has 2 N–H and O–H groups in total. The molecule has 2 fully saturated rings. The lowest BCUT2D eigenvalue weighted by Gasteiger charge is -2.22. The second kappa shape index (κ2) is 6.57. The van der Waals surface area contributed by atoms with Crippen LogP contribution < -0.4 is 10.6 Å². The Hall–Kier alpha value is -0.320. The molecule has 1 aliphatic carbocycles. The third-order valence-electron chi connectivity index (χ3n) is 3.88. The summed E-state index contributed by atoms with van der Waals surface area (Å²) >= 11 is 0. The van der Waals surface area contributed by atoms with Crippen molar-refractivity contribution in [2.24, 2.45) is 11.8 Å². The molecule has 0 aromatic rings. The monoisotopic (exact) mass is 262 g/mol. The van der Waals surface area contributed by atoms with Crippen molar-refractivity contribution in [3.8, 4) is 0 Å². The molecule has 1 amide bonds. The van der Waals surface area contributed by atoms with Crippen LogP contribution in [0.15, 0.2) is 0 Å². The van der Waals surface area contributed by atoms with E-state index in [-0.39, 0.29) is 24.4 Å². The maximum absolute atomic E-state index is 11.6. The lowest BCUT2D eigenvalue weighted by Crippen LogP contribution is -2.37. The van der Waals surface area contributed by atoms with Crippen LogP contribution in [0, 0.1) is 11.8 Å². The summed E-state index contributed by atoms with van der Waals surface area (Å²) in [6, 6.07) is 0.410. The van der Waals surface area contributed by atoms with Crippen LogP contribution in [-0.2, 0) is 9.53 Å². The highest BCUT2D eigenvalue weighted by atomic mass is 35.5. The van der Waals surface area contributed by atoms with Gasteiger partial charge in [0.05, 0.1) is 0 Å². The van der Waals surface area contributed by atoms with E-state index in [1.807, 2.05) is 0 Å². The average molecular weight is 263 g/mol. The number of hydrogen-bond donors (Lipinski definition) is 2. The highest BCUT2D eigenvalue weighted by Gasteiger charge is 2.44. The molecule has 2 rings (SSSR count). The topological polar surface area (TPSA) is 50.4 Å². The van der Waals surface area contributed by atoms with Crippen LogP contribution in [0.2, 0.25) is 0 Å². The minimum atomic E-state index is -0.325. The Labute approximate surface area is 109 Å². The maximum Gasteiger partial charge on any atom is 0.249 e. The number of nitrogens with one attached hydrogen (secondary N) is 2. The van der Waals surface area contributed by atoms with Gasteiger partial charge in [-0.25, -0.2) is 0 Å². The summed E-state index contributed by atoms with van der Waals surface area (Å²) in [6.07, 6.45) is 3.36. The molecule has 1 unspecified atom stereocenters. The van der Waals surface area contributed by atoms with Gasteiger partial charge in [0.2, 0.25) is 5.91 Å². The fourth-order valence-corrected chi connectivity index (χ4v) is 2.58. The SMILES string of the molecule is COC(C)C(=O)N[C@@H]1C[C@H]1C1CCNCC1.Cl. The molecule has 0 bridgehead atoms. The summed E-state index contributed by atoms with van der Waals surface area (Å²) in [5.41, 5.74) is 0. The molecule has 0 radical (unpaired) electrons. The first kappa shape index (κ1) is 14.7. The fourth-order valence-electron chi connectivity index (χ4n) is 2.58. The van der Waals surface area contributed by atoms with E-state index < -0.39 is 0 Å². The summed E-state index contributed by atoms with van der Waals surface area (Å²) in [5, 5.41) is 6.44. The molecule has 100 valence electrons.